The van der Waals surface area contributed by atoms with Crippen LogP contribution in [0.25, 0.3) is 0 Å². The van der Waals surface area contributed by atoms with Gasteiger partial charge in [-0.25, -0.2) is 4.39 Å². The van der Waals surface area contributed by atoms with Crippen molar-refractivity contribution in [1.82, 2.24) is 0 Å². The molecule has 1 rings (SSSR count). The zero-order chi connectivity index (χ0) is 11.3. The fourth-order valence-corrected chi connectivity index (χ4v) is 1.97. The van der Waals surface area contributed by atoms with E-state index >= 15 is 0 Å². The Balaban J connectivity index is 2.46. The molecular formula is C12H15BrClF. The predicted octanol–water partition coefficient (Wildman–Crippen LogP) is 4.98. The van der Waals surface area contributed by atoms with E-state index in [1.54, 1.807) is 12.1 Å². The molecule has 0 aliphatic heterocycles. The highest BCUT2D eigenvalue weighted by atomic mass is 79.9. The van der Waals surface area contributed by atoms with Crippen molar-refractivity contribution in [2.24, 2.45) is 0 Å². The molecule has 0 aliphatic carbocycles. The number of aryl methyl sites for hydroxylation is 1. The zero-order valence-electron chi connectivity index (χ0n) is 8.77. The first-order valence-electron chi connectivity index (χ1n) is 5.21. The van der Waals surface area contributed by atoms with Gasteiger partial charge in [0.25, 0.3) is 0 Å². The Morgan fingerprint density at radius 2 is 2.20 bits per heavy atom. The van der Waals surface area contributed by atoms with Crippen molar-refractivity contribution >= 4 is 27.5 Å². The highest BCUT2D eigenvalue weighted by Gasteiger charge is 2.05. The van der Waals surface area contributed by atoms with Gasteiger partial charge in [0.15, 0.2) is 0 Å². The van der Waals surface area contributed by atoms with Gasteiger partial charge in [-0.15, -0.1) is 0 Å². The lowest BCUT2D eigenvalue weighted by molar-refractivity contribution is 0.597. The van der Waals surface area contributed by atoms with Gasteiger partial charge >= 0.3 is 0 Å². The molecule has 0 saturated heterocycles. The molecule has 1 unspecified atom stereocenters. The van der Waals surface area contributed by atoms with E-state index in [1.165, 1.54) is 6.07 Å². The van der Waals surface area contributed by atoms with Crippen LogP contribution in [-0.2, 0) is 6.42 Å². The Bertz CT molecular complexity index is 314. The van der Waals surface area contributed by atoms with Gasteiger partial charge in [-0.05, 0) is 49.4 Å². The van der Waals surface area contributed by atoms with E-state index in [4.69, 9.17) is 11.6 Å². The summed E-state index contributed by atoms with van der Waals surface area (Å²) in [6, 6.07) is 4.73. The summed E-state index contributed by atoms with van der Waals surface area (Å²) >= 11 is 9.37. The Morgan fingerprint density at radius 1 is 1.47 bits per heavy atom. The Kier molecular flexibility index (Phi) is 5.62. The number of rotatable bonds is 5. The number of halogens is 3. The molecule has 0 bridgehead atoms. The molecule has 0 spiro atoms. The highest BCUT2D eigenvalue weighted by Crippen LogP contribution is 2.19. The van der Waals surface area contributed by atoms with Crippen LogP contribution in [0.2, 0.25) is 5.02 Å². The fraction of sp³-hybridized carbons (Fsp3) is 0.500. The van der Waals surface area contributed by atoms with Gasteiger partial charge in [0, 0.05) is 9.85 Å². The SMILES string of the molecule is CCC(Br)CCCc1cc(Cl)ccc1F. The normalized spacial score (nSPS) is 12.8. The fourth-order valence-electron chi connectivity index (χ4n) is 1.45. The lowest BCUT2D eigenvalue weighted by Crippen LogP contribution is -1.97. The Morgan fingerprint density at radius 3 is 2.87 bits per heavy atom. The van der Waals surface area contributed by atoms with Crippen molar-refractivity contribution in [3.63, 3.8) is 0 Å². The van der Waals surface area contributed by atoms with Gasteiger partial charge in [-0.2, -0.15) is 0 Å². The second-order valence-corrected chi connectivity index (χ2v) is 5.36. The number of benzene rings is 1. The summed E-state index contributed by atoms with van der Waals surface area (Å²) < 4.78 is 13.3. The molecule has 0 nitrogen and oxygen atoms in total. The van der Waals surface area contributed by atoms with Crippen LogP contribution in [0.1, 0.15) is 31.7 Å². The van der Waals surface area contributed by atoms with E-state index in [2.05, 4.69) is 22.9 Å². The van der Waals surface area contributed by atoms with Crippen LogP contribution in [0.15, 0.2) is 18.2 Å². The summed E-state index contributed by atoms with van der Waals surface area (Å²) in [5, 5.41) is 0.609. The van der Waals surface area contributed by atoms with Gasteiger partial charge in [0.2, 0.25) is 0 Å². The van der Waals surface area contributed by atoms with Crippen LogP contribution in [0, 0.1) is 5.82 Å². The van der Waals surface area contributed by atoms with Gasteiger partial charge in [0.05, 0.1) is 0 Å². The number of hydrogen-bond acceptors (Lipinski definition) is 0. The van der Waals surface area contributed by atoms with Crippen molar-refractivity contribution < 1.29 is 4.39 Å². The van der Waals surface area contributed by atoms with Gasteiger partial charge in [0.1, 0.15) is 5.82 Å². The standard InChI is InChI=1S/C12H15BrClF/c1-2-10(13)5-3-4-9-8-11(14)6-7-12(9)15/h6-8,10H,2-5H2,1H3. The molecule has 0 aliphatic rings. The third-order valence-corrected chi connectivity index (χ3v) is 3.75. The maximum atomic E-state index is 13.3. The van der Waals surface area contributed by atoms with Crippen molar-refractivity contribution in [1.29, 1.82) is 0 Å². The van der Waals surface area contributed by atoms with Gasteiger partial charge < -0.3 is 0 Å². The van der Waals surface area contributed by atoms with E-state index in [9.17, 15) is 4.39 Å². The lowest BCUT2D eigenvalue weighted by Gasteiger charge is -2.07. The topological polar surface area (TPSA) is 0 Å². The lowest BCUT2D eigenvalue weighted by atomic mass is 10.1. The molecule has 15 heavy (non-hydrogen) atoms. The van der Waals surface area contributed by atoms with Crippen LogP contribution in [0.5, 0.6) is 0 Å². The van der Waals surface area contributed by atoms with Crippen molar-refractivity contribution in [2.75, 3.05) is 0 Å². The second kappa shape index (κ2) is 6.49. The van der Waals surface area contributed by atoms with E-state index < -0.39 is 0 Å². The molecule has 0 amide bonds. The smallest absolute Gasteiger partial charge is 0.126 e. The van der Waals surface area contributed by atoms with Crippen LogP contribution in [0.4, 0.5) is 4.39 Å². The Labute approximate surface area is 104 Å². The van der Waals surface area contributed by atoms with E-state index in [0.29, 0.717) is 9.85 Å². The third-order valence-electron chi connectivity index (χ3n) is 2.41. The third kappa shape index (κ3) is 4.52. The first-order chi connectivity index (χ1) is 7.13. The number of alkyl halides is 1. The summed E-state index contributed by atoms with van der Waals surface area (Å²) in [5.74, 6) is -0.151. The molecule has 1 aromatic carbocycles. The van der Waals surface area contributed by atoms with E-state index in [0.717, 1.165) is 31.2 Å². The molecule has 1 atom stereocenters. The maximum Gasteiger partial charge on any atom is 0.126 e. The predicted molar refractivity (Wildman–Crippen MR) is 67.4 cm³/mol. The zero-order valence-corrected chi connectivity index (χ0v) is 11.1. The average molecular weight is 294 g/mol. The van der Waals surface area contributed by atoms with Crippen molar-refractivity contribution in [3.8, 4) is 0 Å². The molecule has 3 heteroatoms. The second-order valence-electron chi connectivity index (χ2n) is 3.63. The first kappa shape index (κ1) is 13.0. The van der Waals surface area contributed by atoms with Crippen LogP contribution >= 0.6 is 27.5 Å². The van der Waals surface area contributed by atoms with Crippen molar-refractivity contribution in [3.05, 3.63) is 34.6 Å². The summed E-state index contributed by atoms with van der Waals surface area (Å²) in [6.07, 6.45) is 3.93. The van der Waals surface area contributed by atoms with E-state index in [1.807, 2.05) is 0 Å². The molecule has 0 heterocycles. The molecule has 0 radical (unpaired) electrons. The minimum atomic E-state index is -0.151. The molecular weight excluding hydrogens is 278 g/mol. The number of hydrogen-bond donors (Lipinski definition) is 0. The van der Waals surface area contributed by atoms with Crippen LogP contribution in [-0.4, -0.2) is 4.83 Å². The maximum absolute atomic E-state index is 13.3. The van der Waals surface area contributed by atoms with Crippen molar-refractivity contribution in [2.45, 2.75) is 37.4 Å². The average Bonchev–Trinajstić information content (AvgIpc) is 2.23. The van der Waals surface area contributed by atoms with Crippen LogP contribution < -0.4 is 0 Å². The van der Waals surface area contributed by atoms with Crippen LogP contribution in [0.3, 0.4) is 0 Å². The molecule has 0 saturated carbocycles. The summed E-state index contributed by atoms with van der Waals surface area (Å²) in [7, 11) is 0. The largest absolute Gasteiger partial charge is 0.207 e. The minimum Gasteiger partial charge on any atom is -0.207 e. The molecule has 0 N–H and O–H groups in total. The quantitative estimate of drug-likeness (QED) is 0.672. The Hall–Kier alpha value is -0.0800. The monoisotopic (exact) mass is 292 g/mol. The van der Waals surface area contributed by atoms with Gasteiger partial charge in [-0.3, -0.25) is 0 Å². The highest BCUT2D eigenvalue weighted by molar-refractivity contribution is 9.09. The molecule has 1 aromatic rings. The van der Waals surface area contributed by atoms with E-state index in [-0.39, 0.29) is 5.82 Å². The first-order valence-corrected chi connectivity index (χ1v) is 6.51. The van der Waals surface area contributed by atoms with Gasteiger partial charge in [-0.1, -0.05) is 34.5 Å². The summed E-state index contributed by atoms with van der Waals surface area (Å²) in [5.41, 5.74) is 0.721. The summed E-state index contributed by atoms with van der Waals surface area (Å²) in [6.45, 7) is 2.14. The molecule has 0 fully saturated rings. The minimum absolute atomic E-state index is 0.151. The summed E-state index contributed by atoms with van der Waals surface area (Å²) in [4.78, 5) is 0.541. The molecule has 0 aromatic heterocycles. The molecule has 84 valence electrons.